The van der Waals surface area contributed by atoms with Crippen molar-refractivity contribution in [1.29, 1.82) is 0 Å². The Labute approximate surface area is 35.3 Å². The second kappa shape index (κ2) is 1.77. The Kier molecular flexibility index (Phi) is 1.98. The maximum atomic E-state index is 3.56. The number of hydrogen-bond donors (Lipinski definition) is 0. The fourth-order valence-corrected chi connectivity index (χ4v) is 0. The molecule has 1 unspecified atom stereocenters. The lowest BCUT2D eigenvalue weighted by molar-refractivity contribution is 1.28. The van der Waals surface area contributed by atoms with Gasteiger partial charge in [-0.25, -0.2) is 0 Å². The lowest BCUT2D eigenvalue weighted by atomic mass is 10.6. The summed E-state index contributed by atoms with van der Waals surface area (Å²) in [5.74, 6) is 0. The van der Waals surface area contributed by atoms with E-state index in [0.29, 0.717) is 4.83 Å². The Balaban J connectivity index is 2.32. The van der Waals surface area contributed by atoms with Crippen LogP contribution in [0.5, 0.6) is 0 Å². The van der Waals surface area contributed by atoms with Crippen LogP contribution in [0.25, 0.3) is 0 Å². The molecule has 0 aromatic heterocycles. The molecular weight excluding hydrogens is 116 g/mol. The van der Waals surface area contributed by atoms with Crippen molar-refractivity contribution in [2.24, 2.45) is 0 Å². The molecular formula is C3H6Br. The van der Waals surface area contributed by atoms with E-state index in [1.54, 1.807) is 0 Å². The molecule has 0 amide bonds. The largest absolute Gasteiger partial charge is 0.0894 e. The molecule has 0 aromatic carbocycles. The Bertz CT molecular complexity index is 8.00. The zero-order chi connectivity index (χ0) is 3.58. The zero-order valence-electron chi connectivity index (χ0n) is 2.66. The highest BCUT2D eigenvalue weighted by Crippen LogP contribution is 1.89. The minimum absolute atomic E-state index is 0.396. The van der Waals surface area contributed by atoms with Crippen LogP contribution in [0.4, 0.5) is 0 Å². The van der Waals surface area contributed by atoms with Crippen LogP contribution in [-0.2, 0) is 0 Å². The van der Waals surface area contributed by atoms with Crippen LogP contribution < -0.4 is 0 Å². The van der Waals surface area contributed by atoms with E-state index >= 15 is 0 Å². The van der Waals surface area contributed by atoms with Gasteiger partial charge in [-0.1, -0.05) is 22.9 Å². The van der Waals surface area contributed by atoms with Gasteiger partial charge in [0.05, 0.1) is 0 Å². The summed E-state index contributed by atoms with van der Waals surface area (Å²) in [6, 6.07) is 0. The zero-order valence-corrected chi connectivity index (χ0v) is 4.25. The molecule has 0 rings (SSSR count). The highest BCUT2D eigenvalue weighted by molar-refractivity contribution is 9.09. The summed E-state index contributed by atoms with van der Waals surface area (Å²) in [6.45, 7) is 5.53. The van der Waals surface area contributed by atoms with Gasteiger partial charge in [-0.15, -0.1) is 0 Å². The van der Waals surface area contributed by atoms with E-state index in [9.17, 15) is 0 Å². The average Bonchev–Trinajstić information content (AvgIpc) is 0.811. The summed E-state index contributed by atoms with van der Waals surface area (Å²) < 4.78 is 0. The minimum Gasteiger partial charge on any atom is -0.0894 e. The van der Waals surface area contributed by atoms with Crippen LogP contribution in [0.2, 0.25) is 0 Å². The van der Waals surface area contributed by atoms with Gasteiger partial charge in [0.1, 0.15) is 0 Å². The molecule has 0 N–H and O–H groups in total. The van der Waals surface area contributed by atoms with Gasteiger partial charge in [-0.05, 0) is 6.92 Å². The van der Waals surface area contributed by atoms with Crippen molar-refractivity contribution in [3.63, 3.8) is 0 Å². The Morgan fingerprint density at radius 1 is 2.00 bits per heavy atom. The summed E-state index contributed by atoms with van der Waals surface area (Å²) in [5, 5.41) is 0. The smallest absolute Gasteiger partial charge is 0.0117 e. The quantitative estimate of drug-likeness (QED) is 0.428. The van der Waals surface area contributed by atoms with Crippen molar-refractivity contribution < 1.29 is 0 Å². The average molecular weight is 122 g/mol. The van der Waals surface area contributed by atoms with E-state index in [0.717, 1.165) is 0 Å². The van der Waals surface area contributed by atoms with Crippen molar-refractivity contribution in [2.75, 3.05) is 0 Å². The van der Waals surface area contributed by atoms with Gasteiger partial charge >= 0.3 is 0 Å². The number of hydrogen-bond acceptors (Lipinski definition) is 0. The van der Waals surface area contributed by atoms with Crippen LogP contribution in [0.15, 0.2) is 0 Å². The standard InChI is InChI=1S/C3H6Br/c1-3(2)4/h3H,1H2,2H3. The molecule has 0 saturated carbocycles. The molecule has 0 aliphatic carbocycles. The molecule has 0 aliphatic rings. The highest BCUT2D eigenvalue weighted by Gasteiger charge is 1.71. The third kappa shape index (κ3) is 23.6. The van der Waals surface area contributed by atoms with Gasteiger partial charge in [0.25, 0.3) is 0 Å². The van der Waals surface area contributed by atoms with E-state index in [4.69, 9.17) is 0 Å². The van der Waals surface area contributed by atoms with Crippen LogP contribution in [0.1, 0.15) is 6.92 Å². The summed E-state index contributed by atoms with van der Waals surface area (Å²) in [4.78, 5) is 0.396. The van der Waals surface area contributed by atoms with Gasteiger partial charge in [0.2, 0.25) is 0 Å². The van der Waals surface area contributed by atoms with Crippen molar-refractivity contribution in [1.82, 2.24) is 0 Å². The maximum Gasteiger partial charge on any atom is 0.0117 e. The summed E-state index contributed by atoms with van der Waals surface area (Å²) in [5.41, 5.74) is 0. The monoisotopic (exact) mass is 121 g/mol. The molecule has 0 spiro atoms. The van der Waals surface area contributed by atoms with Crippen molar-refractivity contribution in [2.45, 2.75) is 11.8 Å². The predicted octanol–water partition coefficient (Wildman–Crippen LogP) is 1.60. The first-order valence-electron chi connectivity index (χ1n) is 1.20. The molecule has 0 nitrogen and oxygen atoms in total. The molecule has 0 saturated heterocycles. The molecule has 0 bridgehead atoms. The number of halogens is 1. The molecule has 1 atom stereocenters. The first-order chi connectivity index (χ1) is 1.73. The SMILES string of the molecule is [CH2]C(C)Br. The summed E-state index contributed by atoms with van der Waals surface area (Å²) in [7, 11) is 0. The molecule has 0 aromatic rings. The van der Waals surface area contributed by atoms with E-state index in [1.165, 1.54) is 0 Å². The first-order valence-corrected chi connectivity index (χ1v) is 2.12. The van der Waals surface area contributed by atoms with E-state index < -0.39 is 0 Å². The normalized spacial score (nSPS) is 9.00. The van der Waals surface area contributed by atoms with Crippen molar-refractivity contribution >= 4 is 15.9 Å². The van der Waals surface area contributed by atoms with Gasteiger partial charge in [-0.2, -0.15) is 0 Å². The van der Waals surface area contributed by atoms with Gasteiger partial charge in [-0.3, -0.25) is 0 Å². The fraction of sp³-hybridized carbons (Fsp3) is 0.667. The van der Waals surface area contributed by atoms with E-state index in [1.807, 2.05) is 6.92 Å². The van der Waals surface area contributed by atoms with Crippen molar-refractivity contribution in [3.8, 4) is 0 Å². The minimum atomic E-state index is 0.396. The van der Waals surface area contributed by atoms with Crippen LogP contribution in [0, 0.1) is 6.92 Å². The van der Waals surface area contributed by atoms with E-state index in [-0.39, 0.29) is 0 Å². The lowest BCUT2D eigenvalue weighted by Gasteiger charge is -1.76. The second-order valence-corrected chi connectivity index (χ2v) is 2.34. The summed E-state index contributed by atoms with van der Waals surface area (Å²) >= 11 is 3.16. The Morgan fingerprint density at radius 3 is 2.00 bits per heavy atom. The topological polar surface area (TPSA) is 0 Å². The molecule has 0 heterocycles. The summed E-state index contributed by atoms with van der Waals surface area (Å²) in [6.07, 6.45) is 0. The number of rotatable bonds is 0. The third-order valence-corrected chi connectivity index (χ3v) is 0. The molecule has 1 heteroatoms. The van der Waals surface area contributed by atoms with Gasteiger partial charge in [0, 0.05) is 4.83 Å². The van der Waals surface area contributed by atoms with Crippen LogP contribution >= 0.6 is 15.9 Å². The predicted molar refractivity (Wildman–Crippen MR) is 23.7 cm³/mol. The second-order valence-electron chi connectivity index (χ2n) is 0.781. The van der Waals surface area contributed by atoms with Crippen LogP contribution in [-0.4, -0.2) is 4.83 Å². The molecule has 0 aliphatic heterocycles. The Morgan fingerprint density at radius 2 is 2.00 bits per heavy atom. The Hall–Kier alpha value is 0.480. The first kappa shape index (κ1) is 4.48. The lowest BCUT2D eigenvalue weighted by Crippen LogP contribution is -1.70. The molecule has 25 valence electrons. The number of alkyl halides is 1. The highest BCUT2D eigenvalue weighted by atomic mass is 79.9. The van der Waals surface area contributed by atoms with Gasteiger partial charge < -0.3 is 0 Å². The third-order valence-electron chi connectivity index (χ3n) is 0. The van der Waals surface area contributed by atoms with Crippen molar-refractivity contribution in [3.05, 3.63) is 6.92 Å². The van der Waals surface area contributed by atoms with Crippen LogP contribution in [0.3, 0.4) is 0 Å². The maximum absolute atomic E-state index is 3.56. The molecule has 0 fully saturated rings. The van der Waals surface area contributed by atoms with E-state index in [2.05, 4.69) is 22.9 Å². The molecule has 4 heavy (non-hydrogen) atoms. The fourth-order valence-electron chi connectivity index (χ4n) is 0. The molecule has 1 radical (unpaired) electrons. The van der Waals surface area contributed by atoms with Gasteiger partial charge in [0.15, 0.2) is 0 Å².